The largest absolute Gasteiger partial charge is 0.391 e. The summed E-state index contributed by atoms with van der Waals surface area (Å²) >= 11 is 0. The van der Waals surface area contributed by atoms with Crippen LogP contribution >= 0.6 is 0 Å². The SMILES string of the molecule is N=CS(=O)c1cc(F)c(CO)c(F)c1. The van der Waals surface area contributed by atoms with Crippen LogP contribution in [0.3, 0.4) is 0 Å². The number of hydrogen-bond donors (Lipinski definition) is 2. The highest BCUT2D eigenvalue weighted by molar-refractivity contribution is 7.98. The average Bonchev–Trinajstić information content (AvgIpc) is 2.16. The topological polar surface area (TPSA) is 61.2 Å². The lowest BCUT2D eigenvalue weighted by atomic mass is 10.2. The van der Waals surface area contributed by atoms with Gasteiger partial charge in [0.25, 0.3) is 0 Å². The summed E-state index contributed by atoms with van der Waals surface area (Å²) in [5, 5.41) is 15.3. The number of benzene rings is 1. The van der Waals surface area contributed by atoms with E-state index in [0.717, 1.165) is 12.1 Å². The van der Waals surface area contributed by atoms with Crippen molar-refractivity contribution in [3.8, 4) is 0 Å². The van der Waals surface area contributed by atoms with E-state index in [1.807, 2.05) is 0 Å². The molecule has 1 aromatic rings. The molecular formula is C8H7F2NO2S. The molecule has 3 nitrogen and oxygen atoms in total. The van der Waals surface area contributed by atoms with Crippen molar-refractivity contribution in [2.75, 3.05) is 0 Å². The van der Waals surface area contributed by atoms with Gasteiger partial charge in [0, 0.05) is 5.56 Å². The van der Waals surface area contributed by atoms with Crippen LogP contribution in [0.5, 0.6) is 0 Å². The van der Waals surface area contributed by atoms with Crippen LogP contribution in [-0.4, -0.2) is 14.9 Å². The zero-order valence-corrected chi connectivity index (χ0v) is 7.78. The van der Waals surface area contributed by atoms with Crippen molar-refractivity contribution in [1.82, 2.24) is 0 Å². The standard InChI is InChI=1S/C8H7F2NO2S/c9-7-1-5(14(13)4-11)2-8(10)6(7)3-12/h1-2,4,11-12H,3H2. The molecule has 76 valence electrons. The lowest BCUT2D eigenvalue weighted by molar-refractivity contribution is 0.268. The Morgan fingerprint density at radius 1 is 1.43 bits per heavy atom. The fourth-order valence-electron chi connectivity index (χ4n) is 0.915. The molecule has 0 aliphatic rings. The van der Waals surface area contributed by atoms with E-state index in [0.29, 0.717) is 5.55 Å². The second-order valence-corrected chi connectivity index (χ2v) is 3.74. The molecule has 0 spiro atoms. The Balaban J connectivity index is 3.27. The van der Waals surface area contributed by atoms with Crippen molar-refractivity contribution < 1.29 is 18.1 Å². The van der Waals surface area contributed by atoms with E-state index in [1.54, 1.807) is 0 Å². The Kier molecular flexibility index (Phi) is 3.43. The molecule has 0 aliphatic heterocycles. The highest BCUT2D eigenvalue weighted by Gasteiger charge is 2.12. The smallest absolute Gasteiger partial charge is 0.132 e. The highest BCUT2D eigenvalue weighted by atomic mass is 32.2. The van der Waals surface area contributed by atoms with E-state index in [-0.39, 0.29) is 4.90 Å². The van der Waals surface area contributed by atoms with Gasteiger partial charge in [-0.05, 0) is 12.1 Å². The molecule has 1 aromatic carbocycles. The first kappa shape index (κ1) is 10.9. The van der Waals surface area contributed by atoms with Crippen molar-refractivity contribution in [2.45, 2.75) is 11.5 Å². The van der Waals surface area contributed by atoms with E-state index in [4.69, 9.17) is 10.5 Å². The summed E-state index contributed by atoms with van der Waals surface area (Å²) in [5.41, 5.74) is 0.114. The molecule has 0 bridgehead atoms. The summed E-state index contributed by atoms with van der Waals surface area (Å²) in [6.45, 7) is -0.755. The van der Waals surface area contributed by atoms with Gasteiger partial charge in [-0.2, -0.15) is 0 Å². The number of aliphatic hydroxyl groups is 1. The van der Waals surface area contributed by atoms with Crippen LogP contribution in [0.4, 0.5) is 8.78 Å². The maximum Gasteiger partial charge on any atom is 0.132 e. The first-order chi connectivity index (χ1) is 6.60. The molecule has 14 heavy (non-hydrogen) atoms. The molecule has 1 unspecified atom stereocenters. The van der Waals surface area contributed by atoms with Gasteiger partial charge in [-0.1, -0.05) is 0 Å². The summed E-state index contributed by atoms with van der Waals surface area (Å²) in [6.07, 6.45) is 0. The van der Waals surface area contributed by atoms with Crippen molar-refractivity contribution in [2.24, 2.45) is 0 Å². The minimum atomic E-state index is -1.84. The van der Waals surface area contributed by atoms with Crippen LogP contribution in [0.2, 0.25) is 0 Å². The summed E-state index contributed by atoms with van der Waals surface area (Å²) in [5.74, 6) is -1.92. The Hall–Kier alpha value is -1.14. The Bertz CT molecular complexity index is 372. The molecular weight excluding hydrogens is 212 g/mol. The maximum absolute atomic E-state index is 13.0. The van der Waals surface area contributed by atoms with E-state index < -0.39 is 34.6 Å². The van der Waals surface area contributed by atoms with Crippen LogP contribution in [0.25, 0.3) is 0 Å². The third-order valence-electron chi connectivity index (χ3n) is 1.61. The van der Waals surface area contributed by atoms with Crippen LogP contribution in [-0.2, 0) is 17.4 Å². The monoisotopic (exact) mass is 219 g/mol. The molecule has 0 heterocycles. The van der Waals surface area contributed by atoms with Gasteiger partial charge < -0.3 is 5.11 Å². The molecule has 1 atom stereocenters. The van der Waals surface area contributed by atoms with Gasteiger partial charge in [-0.25, -0.2) is 13.0 Å². The van der Waals surface area contributed by atoms with Gasteiger partial charge in [-0.15, -0.1) is 0 Å². The second-order valence-electron chi connectivity index (χ2n) is 2.44. The van der Waals surface area contributed by atoms with E-state index >= 15 is 0 Å². The predicted octanol–water partition coefficient (Wildman–Crippen LogP) is 1.17. The molecule has 2 N–H and O–H groups in total. The minimum Gasteiger partial charge on any atom is -0.391 e. The van der Waals surface area contributed by atoms with Gasteiger partial charge >= 0.3 is 0 Å². The van der Waals surface area contributed by atoms with Crippen molar-refractivity contribution >= 4 is 16.3 Å². The Morgan fingerprint density at radius 2 is 1.93 bits per heavy atom. The molecule has 1 rings (SSSR count). The van der Waals surface area contributed by atoms with Gasteiger partial charge in [0.1, 0.15) is 11.6 Å². The lowest BCUT2D eigenvalue weighted by Gasteiger charge is -2.03. The molecule has 0 saturated heterocycles. The molecule has 0 saturated carbocycles. The molecule has 0 aliphatic carbocycles. The zero-order valence-electron chi connectivity index (χ0n) is 6.96. The molecule has 0 radical (unpaired) electrons. The summed E-state index contributed by atoms with van der Waals surface area (Å²) in [7, 11) is -1.84. The zero-order chi connectivity index (χ0) is 10.7. The van der Waals surface area contributed by atoms with E-state index in [1.165, 1.54) is 0 Å². The van der Waals surface area contributed by atoms with Crippen LogP contribution < -0.4 is 0 Å². The molecule has 0 aromatic heterocycles. The fraction of sp³-hybridized carbons (Fsp3) is 0.125. The van der Waals surface area contributed by atoms with Gasteiger partial charge in [0.05, 0.1) is 27.8 Å². The lowest BCUT2D eigenvalue weighted by Crippen LogP contribution is -2.00. The van der Waals surface area contributed by atoms with Gasteiger partial charge in [-0.3, -0.25) is 5.41 Å². The first-order valence-electron chi connectivity index (χ1n) is 3.60. The third-order valence-corrected chi connectivity index (χ3v) is 2.53. The third kappa shape index (κ3) is 2.02. The van der Waals surface area contributed by atoms with Crippen molar-refractivity contribution in [1.29, 1.82) is 5.41 Å². The quantitative estimate of drug-likeness (QED) is 0.592. The van der Waals surface area contributed by atoms with Crippen LogP contribution in [0, 0.1) is 17.0 Å². The maximum atomic E-state index is 13.0. The van der Waals surface area contributed by atoms with Gasteiger partial charge in [0.2, 0.25) is 0 Å². The van der Waals surface area contributed by atoms with E-state index in [9.17, 15) is 13.0 Å². The number of nitrogens with one attached hydrogen (secondary N) is 1. The number of rotatable bonds is 3. The Morgan fingerprint density at radius 3 is 2.29 bits per heavy atom. The fourth-order valence-corrected chi connectivity index (χ4v) is 1.49. The van der Waals surface area contributed by atoms with Crippen LogP contribution in [0.1, 0.15) is 5.56 Å². The molecule has 0 fully saturated rings. The number of aliphatic hydroxyl groups excluding tert-OH is 1. The second kappa shape index (κ2) is 4.39. The van der Waals surface area contributed by atoms with Crippen molar-refractivity contribution in [3.05, 3.63) is 29.3 Å². The van der Waals surface area contributed by atoms with Crippen LogP contribution in [0.15, 0.2) is 17.0 Å². The number of halogens is 2. The minimum absolute atomic E-state index is 0.132. The predicted molar refractivity (Wildman–Crippen MR) is 47.5 cm³/mol. The summed E-state index contributed by atoms with van der Waals surface area (Å²) in [4.78, 5) is -0.132. The summed E-state index contributed by atoms with van der Waals surface area (Å²) in [6, 6.07) is 1.69. The van der Waals surface area contributed by atoms with E-state index in [2.05, 4.69) is 0 Å². The molecule has 0 amide bonds. The first-order valence-corrected chi connectivity index (χ1v) is 4.81. The normalized spacial score (nSPS) is 12.5. The van der Waals surface area contributed by atoms with Crippen molar-refractivity contribution in [3.63, 3.8) is 0 Å². The highest BCUT2D eigenvalue weighted by Crippen LogP contribution is 2.17. The van der Waals surface area contributed by atoms with Gasteiger partial charge in [0.15, 0.2) is 0 Å². The Labute approximate surface area is 81.3 Å². The average molecular weight is 219 g/mol. The number of hydrogen-bond acceptors (Lipinski definition) is 3. The summed E-state index contributed by atoms with van der Waals surface area (Å²) < 4.78 is 37.0. The molecule has 6 heteroatoms.